The van der Waals surface area contributed by atoms with Gasteiger partial charge in [-0.2, -0.15) is 0 Å². The number of hydrogen-bond donors (Lipinski definition) is 1. The van der Waals surface area contributed by atoms with Crippen LogP contribution in [0.4, 0.5) is 4.79 Å². The van der Waals surface area contributed by atoms with Gasteiger partial charge in [0, 0.05) is 25.7 Å². The molecule has 6 heteroatoms. The fourth-order valence-electron chi connectivity index (χ4n) is 1.73. The number of rotatable bonds is 7. The van der Waals surface area contributed by atoms with E-state index in [1.165, 1.54) is 0 Å². The molecule has 138 valence electrons. The number of nitrogens with two attached hydrogens (primary N) is 1. The van der Waals surface area contributed by atoms with Crippen LogP contribution in [0.25, 0.3) is 0 Å². The first-order valence-electron chi connectivity index (χ1n) is 8.53. The molecule has 0 aromatic heterocycles. The van der Waals surface area contributed by atoms with E-state index in [0.29, 0.717) is 19.7 Å². The highest BCUT2D eigenvalue weighted by Gasteiger charge is 2.36. The average Bonchev–Trinajstić information content (AvgIpc) is 2.28. The van der Waals surface area contributed by atoms with Crippen molar-refractivity contribution in [1.29, 1.82) is 0 Å². The Hall–Kier alpha value is -0.593. The maximum absolute atomic E-state index is 12.3. The van der Waals surface area contributed by atoms with E-state index < -0.39 is 13.9 Å². The van der Waals surface area contributed by atoms with Gasteiger partial charge in [-0.1, -0.05) is 20.8 Å². The summed E-state index contributed by atoms with van der Waals surface area (Å²) in [5.41, 5.74) is 5.36. The van der Waals surface area contributed by atoms with Gasteiger partial charge in [-0.3, -0.25) is 0 Å². The van der Waals surface area contributed by atoms with Crippen molar-refractivity contribution in [3.8, 4) is 0 Å². The molecule has 0 heterocycles. The van der Waals surface area contributed by atoms with Gasteiger partial charge in [0.2, 0.25) is 0 Å². The highest BCUT2D eigenvalue weighted by Crippen LogP contribution is 2.36. The van der Waals surface area contributed by atoms with Crippen molar-refractivity contribution >= 4 is 14.4 Å². The van der Waals surface area contributed by atoms with Gasteiger partial charge in [-0.25, -0.2) is 4.79 Å². The van der Waals surface area contributed by atoms with Crippen molar-refractivity contribution in [1.82, 2.24) is 4.90 Å². The Bertz CT molecular complexity index is 371. The van der Waals surface area contributed by atoms with Gasteiger partial charge in [-0.15, -0.1) is 0 Å². The summed E-state index contributed by atoms with van der Waals surface area (Å²) in [6.45, 7) is 20.4. The molecule has 0 aliphatic carbocycles. The van der Waals surface area contributed by atoms with Crippen molar-refractivity contribution in [3.63, 3.8) is 0 Å². The lowest BCUT2D eigenvalue weighted by molar-refractivity contribution is 0.0233. The Morgan fingerprint density at radius 2 is 1.70 bits per heavy atom. The predicted octanol–water partition coefficient (Wildman–Crippen LogP) is 3.98. The molecule has 2 N–H and O–H groups in total. The lowest BCUT2D eigenvalue weighted by Gasteiger charge is -2.36. The molecule has 1 atom stereocenters. The minimum absolute atomic E-state index is 0.0798. The molecule has 0 aromatic rings. The minimum Gasteiger partial charge on any atom is -0.444 e. The number of carbonyl (C=O) groups is 1. The van der Waals surface area contributed by atoms with Crippen molar-refractivity contribution in [2.75, 3.05) is 19.7 Å². The van der Waals surface area contributed by atoms with Gasteiger partial charge in [0.05, 0.1) is 0 Å². The van der Waals surface area contributed by atoms with Gasteiger partial charge in [-0.05, 0) is 52.2 Å². The fourth-order valence-corrected chi connectivity index (χ4v) is 2.82. The Labute approximate surface area is 144 Å². The molecule has 0 rings (SSSR count). The van der Waals surface area contributed by atoms with Gasteiger partial charge in [0.25, 0.3) is 0 Å². The molecule has 0 bridgehead atoms. The van der Waals surface area contributed by atoms with E-state index in [-0.39, 0.29) is 17.2 Å². The maximum atomic E-state index is 12.3. The monoisotopic (exact) mass is 346 g/mol. The average molecular weight is 347 g/mol. The molecule has 0 aromatic carbocycles. The van der Waals surface area contributed by atoms with E-state index in [2.05, 4.69) is 33.9 Å². The van der Waals surface area contributed by atoms with Crippen LogP contribution in [-0.2, 0) is 9.16 Å². The molecule has 0 saturated carbocycles. The Balaban J connectivity index is 4.50. The predicted molar refractivity (Wildman–Crippen MR) is 99.2 cm³/mol. The zero-order chi connectivity index (χ0) is 18.5. The molecule has 0 saturated heterocycles. The molecular formula is C17H38N2O3Si. The first-order valence-corrected chi connectivity index (χ1v) is 11.4. The zero-order valence-electron chi connectivity index (χ0n) is 16.7. The van der Waals surface area contributed by atoms with Crippen molar-refractivity contribution in [3.05, 3.63) is 0 Å². The largest absolute Gasteiger partial charge is 0.444 e. The van der Waals surface area contributed by atoms with Crippen LogP contribution >= 0.6 is 0 Å². The Kier molecular flexibility index (Phi) is 8.27. The maximum Gasteiger partial charge on any atom is 0.410 e. The van der Waals surface area contributed by atoms with Crippen LogP contribution < -0.4 is 5.73 Å². The van der Waals surface area contributed by atoms with E-state index >= 15 is 0 Å². The smallest absolute Gasteiger partial charge is 0.410 e. The third-order valence-electron chi connectivity index (χ3n) is 4.00. The molecule has 0 aliphatic heterocycles. The van der Waals surface area contributed by atoms with E-state index in [1.807, 2.05) is 27.7 Å². The summed E-state index contributed by atoms with van der Waals surface area (Å²) in [5, 5.41) is 0.198. The standard InChI is InChI=1S/C17H38N2O3Si/c1-14(18)13-19(15(20)22-16(2,3)4)11-10-12-21-23(8,9)17(5,6)7/h14H,10-13,18H2,1-9H3. The summed E-state index contributed by atoms with van der Waals surface area (Å²) in [5.74, 6) is 0. The van der Waals surface area contributed by atoms with E-state index in [0.717, 1.165) is 6.42 Å². The van der Waals surface area contributed by atoms with Crippen LogP contribution in [0.3, 0.4) is 0 Å². The normalized spacial score (nSPS) is 14.5. The SMILES string of the molecule is CC(N)CN(CCCO[Si](C)(C)C(C)(C)C)C(=O)OC(C)(C)C. The van der Waals surface area contributed by atoms with Crippen molar-refractivity contribution in [2.24, 2.45) is 5.73 Å². The number of hydrogen-bond acceptors (Lipinski definition) is 4. The van der Waals surface area contributed by atoms with Crippen LogP contribution in [0.2, 0.25) is 18.1 Å². The third-order valence-corrected chi connectivity index (χ3v) is 8.54. The highest BCUT2D eigenvalue weighted by molar-refractivity contribution is 6.74. The summed E-state index contributed by atoms with van der Waals surface area (Å²) in [6.07, 6.45) is 0.487. The van der Waals surface area contributed by atoms with Crippen molar-refractivity contribution < 1.29 is 14.0 Å². The lowest BCUT2D eigenvalue weighted by atomic mass is 10.2. The first kappa shape index (κ1) is 22.4. The number of carbonyl (C=O) groups excluding carboxylic acids is 1. The topological polar surface area (TPSA) is 64.8 Å². The lowest BCUT2D eigenvalue weighted by Crippen LogP contribution is -2.44. The molecule has 0 spiro atoms. The number of amides is 1. The van der Waals surface area contributed by atoms with Crippen LogP contribution in [0.1, 0.15) is 54.9 Å². The van der Waals surface area contributed by atoms with Gasteiger partial charge in [0.15, 0.2) is 8.32 Å². The zero-order valence-corrected chi connectivity index (χ0v) is 17.7. The molecular weight excluding hydrogens is 308 g/mol. The van der Waals surface area contributed by atoms with Gasteiger partial charge < -0.3 is 19.8 Å². The third kappa shape index (κ3) is 9.32. The van der Waals surface area contributed by atoms with Crippen molar-refractivity contribution in [2.45, 2.75) is 84.7 Å². The fraction of sp³-hybridized carbons (Fsp3) is 0.941. The summed E-state index contributed by atoms with van der Waals surface area (Å²) in [6, 6.07) is -0.0798. The molecule has 0 fully saturated rings. The Morgan fingerprint density at radius 1 is 1.17 bits per heavy atom. The van der Waals surface area contributed by atoms with Crippen LogP contribution in [0.15, 0.2) is 0 Å². The summed E-state index contributed by atoms with van der Waals surface area (Å²) < 4.78 is 11.6. The van der Waals surface area contributed by atoms with E-state index in [9.17, 15) is 4.79 Å². The van der Waals surface area contributed by atoms with Crippen LogP contribution in [0, 0.1) is 0 Å². The quantitative estimate of drug-likeness (QED) is 0.559. The van der Waals surface area contributed by atoms with Crippen LogP contribution in [-0.4, -0.2) is 50.6 Å². The molecule has 23 heavy (non-hydrogen) atoms. The minimum atomic E-state index is -1.73. The number of ether oxygens (including phenoxy) is 1. The van der Waals surface area contributed by atoms with E-state index in [1.54, 1.807) is 4.90 Å². The molecule has 1 unspecified atom stereocenters. The molecule has 5 nitrogen and oxygen atoms in total. The molecule has 0 radical (unpaired) electrons. The summed E-state index contributed by atoms with van der Waals surface area (Å²) in [4.78, 5) is 13.9. The Morgan fingerprint density at radius 3 is 2.09 bits per heavy atom. The highest BCUT2D eigenvalue weighted by atomic mass is 28.4. The van der Waals surface area contributed by atoms with Crippen LogP contribution in [0.5, 0.6) is 0 Å². The van der Waals surface area contributed by atoms with Gasteiger partial charge in [0.1, 0.15) is 5.60 Å². The second kappa shape index (κ2) is 8.49. The second-order valence-corrected chi connectivity index (χ2v) is 13.7. The van der Waals surface area contributed by atoms with E-state index in [4.69, 9.17) is 14.9 Å². The molecule has 0 aliphatic rings. The van der Waals surface area contributed by atoms with Gasteiger partial charge >= 0.3 is 6.09 Å². The summed E-state index contributed by atoms with van der Waals surface area (Å²) >= 11 is 0. The number of nitrogens with zero attached hydrogens (tertiary/aromatic N) is 1. The first-order chi connectivity index (χ1) is 10.2. The second-order valence-electron chi connectivity index (χ2n) is 8.87. The summed E-state index contributed by atoms with van der Waals surface area (Å²) in [7, 11) is -1.73. The molecule has 1 amide bonds.